The van der Waals surface area contributed by atoms with Crippen LogP contribution in [-0.2, 0) is 11.3 Å². The molecule has 1 amide bonds. The Morgan fingerprint density at radius 2 is 2.00 bits per heavy atom. The Hall–Kier alpha value is -2.11. The van der Waals surface area contributed by atoms with Crippen molar-refractivity contribution in [3.8, 4) is 5.69 Å². The van der Waals surface area contributed by atoms with E-state index < -0.39 is 18.6 Å². The number of furan rings is 1. The zero-order valence-electron chi connectivity index (χ0n) is 14.3. The topological polar surface area (TPSA) is 51.3 Å². The average molecular weight is 446 g/mol. The number of thioether (sulfide) groups is 1. The third kappa shape index (κ3) is 5.69. The van der Waals surface area contributed by atoms with Crippen LogP contribution in [0.3, 0.4) is 0 Å². The van der Waals surface area contributed by atoms with Gasteiger partial charge in [-0.05, 0) is 36.5 Å². The molecule has 3 rings (SSSR count). The number of halogens is 3. The van der Waals surface area contributed by atoms with Crippen LogP contribution in [0.15, 0.2) is 57.5 Å². The lowest BCUT2D eigenvalue weighted by atomic mass is 10.3. The number of amides is 1. The SMILES string of the molecule is O=C(CSc1nn(-c2ccccc2)c(=S)s1)N(Cc1ccco1)CC(F)(F)F. The highest BCUT2D eigenvalue weighted by Crippen LogP contribution is 2.25. The lowest BCUT2D eigenvalue weighted by Gasteiger charge is -2.22. The van der Waals surface area contributed by atoms with E-state index in [0.29, 0.717) is 8.29 Å². The van der Waals surface area contributed by atoms with Crippen molar-refractivity contribution in [2.75, 3.05) is 12.3 Å². The molecule has 148 valence electrons. The normalized spacial score (nSPS) is 11.5. The Labute approximate surface area is 171 Å². The van der Waals surface area contributed by atoms with Crippen molar-refractivity contribution >= 4 is 41.2 Å². The number of carbonyl (C=O) groups excluding carboxylic acids is 1. The Bertz CT molecular complexity index is 969. The number of hydrogen-bond donors (Lipinski definition) is 0. The predicted octanol–water partition coefficient (Wildman–Crippen LogP) is 4.94. The maximum Gasteiger partial charge on any atom is 0.406 e. The first-order valence-electron chi connectivity index (χ1n) is 7.97. The Morgan fingerprint density at radius 1 is 1.25 bits per heavy atom. The molecule has 0 saturated carbocycles. The van der Waals surface area contributed by atoms with Gasteiger partial charge in [-0.3, -0.25) is 4.79 Å². The highest BCUT2D eigenvalue weighted by Gasteiger charge is 2.33. The van der Waals surface area contributed by atoms with E-state index in [2.05, 4.69) is 5.10 Å². The third-order valence-electron chi connectivity index (χ3n) is 3.50. The minimum atomic E-state index is -4.50. The lowest BCUT2D eigenvalue weighted by Crippen LogP contribution is -2.39. The molecule has 0 aliphatic rings. The molecule has 0 spiro atoms. The summed E-state index contributed by atoms with van der Waals surface area (Å²) in [5.41, 5.74) is 0.776. The highest BCUT2D eigenvalue weighted by molar-refractivity contribution is 8.01. The molecule has 1 aromatic carbocycles. The molecule has 0 bridgehead atoms. The van der Waals surface area contributed by atoms with Crippen LogP contribution in [-0.4, -0.2) is 39.1 Å². The Morgan fingerprint density at radius 3 is 2.64 bits per heavy atom. The fourth-order valence-electron chi connectivity index (χ4n) is 2.31. The number of alkyl halides is 3. The van der Waals surface area contributed by atoms with Gasteiger partial charge < -0.3 is 9.32 Å². The van der Waals surface area contributed by atoms with Gasteiger partial charge in [-0.2, -0.15) is 13.2 Å². The molecule has 0 fully saturated rings. The summed E-state index contributed by atoms with van der Waals surface area (Å²) in [6, 6.07) is 12.3. The van der Waals surface area contributed by atoms with E-state index in [0.717, 1.165) is 22.3 Å². The zero-order valence-corrected chi connectivity index (χ0v) is 16.7. The van der Waals surface area contributed by atoms with Crippen molar-refractivity contribution < 1.29 is 22.4 Å². The number of para-hydroxylation sites is 1. The molecule has 0 atom stereocenters. The first-order chi connectivity index (χ1) is 13.3. The second-order valence-corrected chi connectivity index (χ2v) is 8.46. The molecule has 0 N–H and O–H groups in total. The number of aromatic nitrogens is 2. The smallest absolute Gasteiger partial charge is 0.406 e. The molecule has 0 unspecified atom stereocenters. The van der Waals surface area contributed by atoms with Crippen molar-refractivity contribution in [2.45, 2.75) is 17.1 Å². The zero-order chi connectivity index (χ0) is 20.1. The fourth-order valence-corrected chi connectivity index (χ4v) is 4.57. The Kier molecular flexibility index (Phi) is 6.57. The van der Waals surface area contributed by atoms with Gasteiger partial charge in [-0.1, -0.05) is 41.3 Å². The number of carbonyl (C=O) groups is 1. The first-order valence-corrected chi connectivity index (χ1v) is 10.2. The molecule has 2 aromatic heterocycles. The van der Waals surface area contributed by atoms with Crippen LogP contribution in [0.4, 0.5) is 13.2 Å². The van der Waals surface area contributed by atoms with Gasteiger partial charge in [0.2, 0.25) is 5.91 Å². The van der Waals surface area contributed by atoms with E-state index >= 15 is 0 Å². The summed E-state index contributed by atoms with van der Waals surface area (Å²) in [4.78, 5) is 13.1. The Balaban J connectivity index is 1.68. The van der Waals surface area contributed by atoms with Crippen molar-refractivity contribution in [1.82, 2.24) is 14.7 Å². The minimum Gasteiger partial charge on any atom is -0.467 e. The lowest BCUT2D eigenvalue weighted by molar-refractivity contribution is -0.161. The summed E-state index contributed by atoms with van der Waals surface area (Å²) in [6.45, 7) is -1.60. The van der Waals surface area contributed by atoms with Crippen molar-refractivity contribution in [3.05, 3.63) is 58.4 Å². The van der Waals surface area contributed by atoms with Crippen LogP contribution in [0.25, 0.3) is 5.69 Å². The molecule has 0 radical (unpaired) electrons. The van der Waals surface area contributed by atoms with Crippen molar-refractivity contribution in [2.24, 2.45) is 0 Å². The minimum absolute atomic E-state index is 0.187. The highest BCUT2D eigenvalue weighted by atomic mass is 32.2. The summed E-state index contributed by atoms with van der Waals surface area (Å²) in [7, 11) is 0. The molecule has 0 aliphatic carbocycles. The van der Waals surface area contributed by atoms with Crippen LogP contribution in [0.1, 0.15) is 5.76 Å². The van der Waals surface area contributed by atoms with Gasteiger partial charge in [0.05, 0.1) is 24.2 Å². The molecule has 0 saturated heterocycles. The number of rotatable bonds is 7. The summed E-state index contributed by atoms with van der Waals surface area (Å²) in [5.74, 6) is -0.564. The molecular formula is C17H14F3N3O2S3. The number of nitrogens with zero attached hydrogens (tertiary/aromatic N) is 3. The molecular weight excluding hydrogens is 431 g/mol. The van der Waals surface area contributed by atoms with Crippen molar-refractivity contribution in [1.29, 1.82) is 0 Å². The maximum absolute atomic E-state index is 12.8. The van der Waals surface area contributed by atoms with Gasteiger partial charge in [0.25, 0.3) is 0 Å². The van der Waals surface area contributed by atoms with Crippen LogP contribution < -0.4 is 0 Å². The number of benzene rings is 1. The van der Waals surface area contributed by atoms with Crippen LogP contribution in [0.5, 0.6) is 0 Å². The van der Waals surface area contributed by atoms with E-state index in [1.807, 2.05) is 30.3 Å². The maximum atomic E-state index is 12.8. The first kappa shape index (κ1) is 20.6. The van der Waals surface area contributed by atoms with Gasteiger partial charge in [0.15, 0.2) is 8.29 Å². The predicted molar refractivity (Wildman–Crippen MR) is 103 cm³/mol. The van der Waals surface area contributed by atoms with Gasteiger partial charge >= 0.3 is 6.18 Å². The fraction of sp³-hybridized carbons (Fsp3) is 0.235. The molecule has 5 nitrogen and oxygen atoms in total. The van der Waals surface area contributed by atoms with E-state index in [1.165, 1.54) is 23.7 Å². The molecule has 11 heteroatoms. The van der Waals surface area contributed by atoms with Gasteiger partial charge in [0, 0.05) is 0 Å². The van der Waals surface area contributed by atoms with E-state index in [9.17, 15) is 18.0 Å². The van der Waals surface area contributed by atoms with E-state index in [-0.39, 0.29) is 18.1 Å². The van der Waals surface area contributed by atoms with E-state index in [1.54, 1.807) is 10.7 Å². The molecule has 3 aromatic rings. The summed E-state index contributed by atoms with van der Waals surface area (Å²) in [6.07, 6.45) is -3.15. The molecule has 0 aliphatic heterocycles. The second kappa shape index (κ2) is 8.93. The van der Waals surface area contributed by atoms with Gasteiger partial charge in [-0.15, -0.1) is 5.10 Å². The summed E-state index contributed by atoms with van der Waals surface area (Å²) >= 11 is 7.54. The third-order valence-corrected chi connectivity index (χ3v) is 5.85. The quantitative estimate of drug-likeness (QED) is 0.381. The van der Waals surface area contributed by atoms with E-state index in [4.69, 9.17) is 16.6 Å². The van der Waals surface area contributed by atoms with Crippen LogP contribution >= 0.6 is 35.3 Å². The second-order valence-electron chi connectivity index (χ2n) is 5.61. The number of hydrogen-bond acceptors (Lipinski definition) is 6. The standard InChI is InChI=1S/C17H14F3N3O2S3/c18-17(19,20)11-22(9-13-7-4-8-25-13)14(24)10-27-15-21-23(16(26)28-15)12-5-2-1-3-6-12/h1-8H,9-11H2. The monoisotopic (exact) mass is 445 g/mol. The molecule has 28 heavy (non-hydrogen) atoms. The van der Waals surface area contributed by atoms with Gasteiger partial charge in [0.1, 0.15) is 12.3 Å². The largest absolute Gasteiger partial charge is 0.467 e. The summed E-state index contributed by atoms with van der Waals surface area (Å²) in [5, 5.41) is 4.34. The van der Waals surface area contributed by atoms with Crippen LogP contribution in [0.2, 0.25) is 0 Å². The average Bonchev–Trinajstić information content (AvgIpc) is 3.28. The van der Waals surface area contributed by atoms with Crippen molar-refractivity contribution in [3.63, 3.8) is 0 Å². The van der Waals surface area contributed by atoms with Crippen LogP contribution in [0, 0.1) is 3.95 Å². The summed E-state index contributed by atoms with van der Waals surface area (Å²) < 4.78 is 46.1. The molecule has 2 heterocycles. The van der Waals surface area contributed by atoms with Gasteiger partial charge in [-0.25, -0.2) is 4.68 Å².